The van der Waals surface area contributed by atoms with Gasteiger partial charge in [-0.3, -0.25) is 4.90 Å². The van der Waals surface area contributed by atoms with Crippen LogP contribution in [-0.4, -0.2) is 17.7 Å². The van der Waals surface area contributed by atoms with Crippen molar-refractivity contribution in [2.24, 2.45) is 0 Å². The van der Waals surface area contributed by atoms with Gasteiger partial charge in [0.15, 0.2) is 0 Å². The summed E-state index contributed by atoms with van der Waals surface area (Å²) >= 11 is 0. The SMILES string of the molecule is CC(C)(C)OC(=O)N(c1ccccc1N)C1CCC1. The van der Waals surface area contributed by atoms with E-state index < -0.39 is 5.60 Å². The van der Waals surface area contributed by atoms with Crippen molar-refractivity contribution in [3.05, 3.63) is 24.3 Å². The van der Waals surface area contributed by atoms with Gasteiger partial charge in [0.25, 0.3) is 0 Å². The fraction of sp³-hybridized carbons (Fsp3) is 0.533. The number of ether oxygens (including phenoxy) is 1. The fourth-order valence-electron chi connectivity index (χ4n) is 2.11. The van der Waals surface area contributed by atoms with E-state index in [1.165, 1.54) is 0 Å². The van der Waals surface area contributed by atoms with E-state index >= 15 is 0 Å². The second-order valence-electron chi connectivity index (χ2n) is 5.99. The van der Waals surface area contributed by atoms with Crippen molar-refractivity contribution in [1.29, 1.82) is 0 Å². The smallest absolute Gasteiger partial charge is 0.415 e. The van der Waals surface area contributed by atoms with Crippen LogP contribution in [0.3, 0.4) is 0 Å². The minimum atomic E-state index is -0.497. The molecule has 0 atom stereocenters. The Morgan fingerprint density at radius 1 is 1.32 bits per heavy atom. The lowest BCUT2D eigenvalue weighted by Crippen LogP contribution is -2.47. The molecule has 0 aromatic heterocycles. The predicted octanol–water partition coefficient (Wildman–Crippen LogP) is 3.56. The van der Waals surface area contributed by atoms with Crippen LogP contribution in [0.15, 0.2) is 24.3 Å². The van der Waals surface area contributed by atoms with Crippen molar-refractivity contribution in [2.45, 2.75) is 51.7 Å². The highest BCUT2D eigenvalue weighted by molar-refractivity contribution is 5.92. The second-order valence-corrected chi connectivity index (χ2v) is 5.99. The molecule has 0 heterocycles. The van der Waals surface area contributed by atoms with Crippen LogP contribution in [0.4, 0.5) is 16.2 Å². The molecule has 4 nitrogen and oxygen atoms in total. The number of hydrogen-bond donors (Lipinski definition) is 1. The molecular weight excluding hydrogens is 240 g/mol. The maximum absolute atomic E-state index is 12.4. The van der Waals surface area contributed by atoms with Crippen molar-refractivity contribution in [3.8, 4) is 0 Å². The largest absolute Gasteiger partial charge is 0.443 e. The van der Waals surface area contributed by atoms with E-state index in [0.29, 0.717) is 5.69 Å². The van der Waals surface area contributed by atoms with Gasteiger partial charge in [0.05, 0.1) is 11.4 Å². The minimum Gasteiger partial charge on any atom is -0.443 e. The van der Waals surface area contributed by atoms with Crippen LogP contribution < -0.4 is 10.6 Å². The van der Waals surface area contributed by atoms with Crippen LogP contribution >= 0.6 is 0 Å². The Kier molecular flexibility index (Phi) is 3.69. The number of anilines is 2. The molecule has 1 aromatic rings. The molecule has 1 amide bonds. The average Bonchev–Trinajstić information content (AvgIpc) is 2.21. The van der Waals surface area contributed by atoms with Gasteiger partial charge in [-0.1, -0.05) is 12.1 Å². The third-order valence-electron chi connectivity index (χ3n) is 3.23. The topological polar surface area (TPSA) is 55.6 Å². The Morgan fingerprint density at radius 3 is 2.42 bits per heavy atom. The summed E-state index contributed by atoms with van der Waals surface area (Å²) in [4.78, 5) is 14.1. The quantitative estimate of drug-likeness (QED) is 0.829. The first-order valence-corrected chi connectivity index (χ1v) is 6.75. The van der Waals surface area contributed by atoms with Gasteiger partial charge in [-0.05, 0) is 52.2 Å². The van der Waals surface area contributed by atoms with E-state index in [-0.39, 0.29) is 12.1 Å². The molecule has 1 fully saturated rings. The molecule has 0 unspecified atom stereocenters. The summed E-state index contributed by atoms with van der Waals surface area (Å²) < 4.78 is 5.50. The number of benzene rings is 1. The molecule has 19 heavy (non-hydrogen) atoms. The van der Waals surface area contributed by atoms with Gasteiger partial charge >= 0.3 is 6.09 Å². The van der Waals surface area contributed by atoms with Crippen LogP contribution in [0.25, 0.3) is 0 Å². The second kappa shape index (κ2) is 5.11. The minimum absolute atomic E-state index is 0.208. The lowest BCUT2D eigenvalue weighted by atomic mass is 9.91. The summed E-state index contributed by atoms with van der Waals surface area (Å²) in [7, 11) is 0. The summed E-state index contributed by atoms with van der Waals surface area (Å²) in [6, 6.07) is 7.65. The predicted molar refractivity (Wildman–Crippen MR) is 77.2 cm³/mol. The van der Waals surface area contributed by atoms with Crippen LogP contribution in [0.1, 0.15) is 40.0 Å². The zero-order valence-corrected chi connectivity index (χ0v) is 11.8. The molecule has 104 valence electrons. The number of nitrogens with two attached hydrogens (primary N) is 1. The average molecular weight is 262 g/mol. The molecule has 0 aliphatic heterocycles. The number of rotatable bonds is 2. The van der Waals surface area contributed by atoms with Crippen LogP contribution in [0, 0.1) is 0 Å². The van der Waals surface area contributed by atoms with Gasteiger partial charge in [-0.15, -0.1) is 0 Å². The van der Waals surface area contributed by atoms with E-state index in [1.807, 2.05) is 45.0 Å². The maximum Gasteiger partial charge on any atom is 0.415 e. The summed E-state index contributed by atoms with van der Waals surface area (Å²) in [6.45, 7) is 5.62. The standard InChI is InChI=1S/C15H22N2O2/c1-15(2,3)19-14(18)17(11-7-6-8-11)13-10-5-4-9-12(13)16/h4-5,9-11H,6-8,16H2,1-3H3. The molecule has 0 spiro atoms. The Bertz CT molecular complexity index is 461. The highest BCUT2D eigenvalue weighted by atomic mass is 16.6. The lowest BCUT2D eigenvalue weighted by molar-refractivity contribution is 0.0549. The van der Waals surface area contributed by atoms with Gasteiger partial charge in [0.1, 0.15) is 5.60 Å². The van der Waals surface area contributed by atoms with Crippen LogP contribution in [0.2, 0.25) is 0 Å². The highest BCUT2D eigenvalue weighted by Gasteiger charge is 2.33. The normalized spacial score (nSPS) is 15.7. The summed E-state index contributed by atoms with van der Waals surface area (Å²) in [5.74, 6) is 0. The molecule has 2 rings (SSSR count). The molecule has 0 radical (unpaired) electrons. The Balaban J connectivity index is 2.26. The first kappa shape index (κ1) is 13.7. The zero-order chi connectivity index (χ0) is 14.0. The van der Waals surface area contributed by atoms with E-state index in [2.05, 4.69) is 0 Å². The molecule has 0 bridgehead atoms. The maximum atomic E-state index is 12.4. The Hall–Kier alpha value is -1.71. The van der Waals surface area contributed by atoms with E-state index in [4.69, 9.17) is 10.5 Å². The molecular formula is C15H22N2O2. The van der Waals surface area contributed by atoms with Crippen LogP contribution in [-0.2, 0) is 4.74 Å². The zero-order valence-electron chi connectivity index (χ0n) is 11.8. The van der Waals surface area contributed by atoms with Gasteiger partial charge in [-0.2, -0.15) is 0 Å². The first-order chi connectivity index (χ1) is 8.88. The summed E-state index contributed by atoms with van der Waals surface area (Å²) in [6.07, 6.45) is 2.85. The number of carbonyl (C=O) groups is 1. The van der Waals surface area contributed by atoms with E-state index in [0.717, 1.165) is 24.9 Å². The number of nitrogens with zero attached hydrogens (tertiary/aromatic N) is 1. The van der Waals surface area contributed by atoms with Crippen molar-refractivity contribution < 1.29 is 9.53 Å². The van der Waals surface area contributed by atoms with Crippen LogP contribution in [0.5, 0.6) is 0 Å². The van der Waals surface area contributed by atoms with Crippen molar-refractivity contribution in [1.82, 2.24) is 0 Å². The molecule has 1 aliphatic rings. The molecule has 1 aromatic carbocycles. The fourth-order valence-corrected chi connectivity index (χ4v) is 2.11. The van der Waals surface area contributed by atoms with Crippen molar-refractivity contribution in [3.63, 3.8) is 0 Å². The van der Waals surface area contributed by atoms with Crippen molar-refractivity contribution >= 4 is 17.5 Å². The number of para-hydroxylation sites is 2. The molecule has 2 N–H and O–H groups in total. The van der Waals surface area contributed by atoms with E-state index in [1.54, 1.807) is 4.90 Å². The summed E-state index contributed by atoms with van der Waals surface area (Å²) in [5, 5.41) is 0. The van der Waals surface area contributed by atoms with Gasteiger partial charge in [-0.25, -0.2) is 4.79 Å². The summed E-state index contributed by atoms with van der Waals surface area (Å²) in [5.41, 5.74) is 6.86. The van der Waals surface area contributed by atoms with Gasteiger partial charge in [0, 0.05) is 6.04 Å². The number of amides is 1. The Morgan fingerprint density at radius 2 is 1.95 bits per heavy atom. The monoisotopic (exact) mass is 262 g/mol. The molecule has 4 heteroatoms. The van der Waals surface area contributed by atoms with Gasteiger partial charge < -0.3 is 10.5 Å². The Labute approximate surface area is 114 Å². The van der Waals surface area contributed by atoms with E-state index in [9.17, 15) is 4.79 Å². The lowest BCUT2D eigenvalue weighted by Gasteiger charge is -2.38. The molecule has 1 aliphatic carbocycles. The molecule has 1 saturated carbocycles. The number of hydrogen-bond acceptors (Lipinski definition) is 3. The van der Waals surface area contributed by atoms with Gasteiger partial charge in [0.2, 0.25) is 0 Å². The highest BCUT2D eigenvalue weighted by Crippen LogP contribution is 2.34. The third-order valence-corrected chi connectivity index (χ3v) is 3.23. The van der Waals surface area contributed by atoms with Crippen molar-refractivity contribution in [2.75, 3.05) is 10.6 Å². The third kappa shape index (κ3) is 3.19. The first-order valence-electron chi connectivity index (χ1n) is 6.75. The number of carbonyl (C=O) groups excluding carboxylic acids is 1. The number of nitrogen functional groups attached to an aromatic ring is 1. The molecule has 0 saturated heterocycles.